The molecule has 0 aliphatic heterocycles. The highest BCUT2D eigenvalue weighted by Gasteiger charge is 2.51. The van der Waals surface area contributed by atoms with Crippen molar-refractivity contribution in [2.45, 2.75) is 10.8 Å². The van der Waals surface area contributed by atoms with Gasteiger partial charge in [0.05, 0.1) is 27.8 Å². The number of nitrogens with one attached hydrogen (secondary N) is 1. The molecule has 140 valence electrons. The van der Waals surface area contributed by atoms with Crippen molar-refractivity contribution in [1.82, 2.24) is 4.98 Å². The summed E-state index contributed by atoms with van der Waals surface area (Å²) in [5, 5.41) is 21.1. The molecular formula is C18H16N2O5S2. The lowest BCUT2D eigenvalue weighted by atomic mass is 9.82. The Kier molecular flexibility index (Phi) is 4.65. The van der Waals surface area contributed by atoms with E-state index in [4.69, 9.17) is 5.11 Å². The van der Waals surface area contributed by atoms with Gasteiger partial charge in [-0.05, 0) is 36.5 Å². The van der Waals surface area contributed by atoms with Gasteiger partial charge in [0.1, 0.15) is 0 Å². The van der Waals surface area contributed by atoms with Crippen LogP contribution in [0.5, 0.6) is 0 Å². The molecule has 1 aromatic carbocycles. The van der Waals surface area contributed by atoms with Crippen LogP contribution in [0.15, 0.2) is 34.7 Å². The van der Waals surface area contributed by atoms with Crippen molar-refractivity contribution in [1.29, 1.82) is 0 Å². The van der Waals surface area contributed by atoms with E-state index < -0.39 is 23.8 Å². The molecule has 2 aliphatic carbocycles. The lowest BCUT2D eigenvalue weighted by Gasteiger charge is -2.23. The lowest BCUT2D eigenvalue weighted by molar-refractivity contribution is -0.146. The van der Waals surface area contributed by atoms with Crippen LogP contribution in [0.1, 0.15) is 6.42 Å². The molecule has 0 unspecified atom stereocenters. The molecule has 2 aliphatic rings. The van der Waals surface area contributed by atoms with Crippen LogP contribution >= 0.6 is 23.1 Å². The van der Waals surface area contributed by atoms with E-state index in [1.165, 1.54) is 11.3 Å². The molecule has 2 bridgehead atoms. The summed E-state index contributed by atoms with van der Waals surface area (Å²) in [5.41, 5.74) is 1.32. The summed E-state index contributed by atoms with van der Waals surface area (Å²) >= 11 is 2.52. The van der Waals surface area contributed by atoms with Crippen LogP contribution in [-0.4, -0.2) is 38.8 Å². The molecule has 0 radical (unpaired) electrons. The summed E-state index contributed by atoms with van der Waals surface area (Å²) in [5.74, 6) is -3.49. The Balaban J connectivity index is 1.51. The topological polar surface area (TPSA) is 117 Å². The first-order valence-electron chi connectivity index (χ1n) is 8.39. The standard InChI is InChI=1S/C18H16N2O5S2/c21-13(22)7-26-18-20-11-4-3-10(6-12(11)27-18)19-16(23)14-8-1-2-9(5-8)15(14)17(24)25/h1-4,6,8-9,14-15H,5,7H2,(H,19,23)(H,21,22)(H,24,25)/t8-,9-,14-,15+/m0/s1. The average molecular weight is 404 g/mol. The zero-order valence-corrected chi connectivity index (χ0v) is 15.6. The number of carboxylic acids is 2. The molecule has 2 aromatic rings. The second kappa shape index (κ2) is 6.97. The van der Waals surface area contributed by atoms with E-state index in [2.05, 4.69) is 10.3 Å². The Morgan fingerprint density at radius 3 is 2.63 bits per heavy atom. The first-order chi connectivity index (χ1) is 12.9. The first kappa shape index (κ1) is 18.0. The third-order valence-electron chi connectivity index (χ3n) is 5.00. The summed E-state index contributed by atoms with van der Waals surface area (Å²) in [6, 6.07) is 5.28. The van der Waals surface area contributed by atoms with Crippen molar-refractivity contribution >= 4 is 56.8 Å². The molecule has 1 fully saturated rings. The predicted octanol–water partition coefficient (Wildman–Crippen LogP) is 2.93. The van der Waals surface area contributed by atoms with Gasteiger partial charge < -0.3 is 15.5 Å². The first-order valence-corrected chi connectivity index (χ1v) is 10.2. The van der Waals surface area contributed by atoms with Crippen LogP contribution in [0.25, 0.3) is 10.2 Å². The Hall–Kier alpha value is -2.39. The number of thioether (sulfide) groups is 1. The second-order valence-corrected chi connectivity index (χ2v) is 8.93. The van der Waals surface area contributed by atoms with Crippen LogP contribution < -0.4 is 5.32 Å². The molecule has 4 rings (SSSR count). The number of carboxylic acid groups (broad SMARTS) is 2. The Morgan fingerprint density at radius 1 is 1.19 bits per heavy atom. The average Bonchev–Trinajstić information content (AvgIpc) is 3.32. The maximum atomic E-state index is 12.7. The molecule has 0 spiro atoms. The number of rotatable bonds is 6. The highest BCUT2D eigenvalue weighted by molar-refractivity contribution is 8.01. The van der Waals surface area contributed by atoms with E-state index in [9.17, 15) is 19.5 Å². The van der Waals surface area contributed by atoms with Crippen LogP contribution in [0, 0.1) is 23.7 Å². The highest BCUT2D eigenvalue weighted by Crippen LogP contribution is 2.48. The molecule has 0 saturated heterocycles. The number of carbonyl (C=O) groups is 3. The molecule has 1 aromatic heterocycles. The van der Waals surface area contributed by atoms with E-state index in [0.29, 0.717) is 16.4 Å². The Bertz CT molecular complexity index is 970. The van der Waals surface area contributed by atoms with Gasteiger partial charge in [0, 0.05) is 5.69 Å². The van der Waals surface area contributed by atoms with Crippen LogP contribution in [0.2, 0.25) is 0 Å². The van der Waals surface area contributed by atoms with E-state index in [-0.39, 0.29) is 23.5 Å². The molecule has 3 N–H and O–H groups in total. The monoisotopic (exact) mass is 404 g/mol. The van der Waals surface area contributed by atoms with Crippen molar-refractivity contribution < 1.29 is 24.6 Å². The fourth-order valence-electron chi connectivity index (χ4n) is 3.91. The number of fused-ring (bicyclic) bond motifs is 3. The summed E-state index contributed by atoms with van der Waals surface area (Å²) in [6.07, 6.45) is 4.58. The van der Waals surface area contributed by atoms with Crippen molar-refractivity contribution in [3.8, 4) is 0 Å². The second-order valence-electron chi connectivity index (χ2n) is 6.67. The van der Waals surface area contributed by atoms with Gasteiger partial charge in [0.25, 0.3) is 0 Å². The number of amides is 1. The quantitative estimate of drug-likeness (QED) is 0.501. The Labute approximate surface area is 162 Å². The highest BCUT2D eigenvalue weighted by atomic mass is 32.2. The van der Waals surface area contributed by atoms with Crippen molar-refractivity contribution in [3.63, 3.8) is 0 Å². The lowest BCUT2D eigenvalue weighted by Crippen LogP contribution is -2.36. The number of nitrogens with zero attached hydrogens (tertiary/aromatic N) is 1. The van der Waals surface area contributed by atoms with Crippen LogP contribution in [0.4, 0.5) is 5.69 Å². The molecule has 1 heterocycles. The van der Waals surface area contributed by atoms with Crippen LogP contribution in [0.3, 0.4) is 0 Å². The predicted molar refractivity (Wildman–Crippen MR) is 102 cm³/mol. The maximum Gasteiger partial charge on any atom is 0.313 e. The summed E-state index contributed by atoms with van der Waals surface area (Å²) < 4.78 is 1.49. The summed E-state index contributed by atoms with van der Waals surface area (Å²) in [7, 11) is 0. The zero-order valence-electron chi connectivity index (χ0n) is 14.0. The summed E-state index contributed by atoms with van der Waals surface area (Å²) in [4.78, 5) is 39.4. The third kappa shape index (κ3) is 3.44. The summed E-state index contributed by atoms with van der Waals surface area (Å²) in [6.45, 7) is 0. The van der Waals surface area contributed by atoms with Gasteiger partial charge >= 0.3 is 11.9 Å². The minimum Gasteiger partial charge on any atom is -0.481 e. The fraction of sp³-hybridized carbons (Fsp3) is 0.333. The van der Waals surface area contributed by atoms with Gasteiger partial charge in [0.2, 0.25) is 5.91 Å². The number of allylic oxidation sites excluding steroid dienone is 2. The van der Waals surface area contributed by atoms with Crippen molar-refractivity contribution in [2.24, 2.45) is 23.7 Å². The number of hydrogen-bond acceptors (Lipinski definition) is 6. The number of carbonyl (C=O) groups excluding carboxylic acids is 1. The fourth-order valence-corrected chi connectivity index (χ4v) is 5.74. The van der Waals surface area contributed by atoms with Gasteiger partial charge in [-0.25, -0.2) is 4.98 Å². The Morgan fingerprint density at radius 2 is 1.93 bits per heavy atom. The number of aliphatic carboxylic acids is 2. The molecule has 9 heteroatoms. The van der Waals surface area contributed by atoms with E-state index in [0.717, 1.165) is 22.0 Å². The smallest absolute Gasteiger partial charge is 0.313 e. The number of benzene rings is 1. The number of anilines is 1. The van der Waals surface area contributed by atoms with E-state index in [1.807, 2.05) is 12.2 Å². The largest absolute Gasteiger partial charge is 0.481 e. The molecule has 4 atom stereocenters. The van der Waals surface area contributed by atoms with E-state index in [1.54, 1.807) is 18.2 Å². The molecule has 27 heavy (non-hydrogen) atoms. The maximum absolute atomic E-state index is 12.7. The van der Waals surface area contributed by atoms with E-state index >= 15 is 0 Å². The van der Waals surface area contributed by atoms with Crippen molar-refractivity contribution in [3.05, 3.63) is 30.4 Å². The van der Waals surface area contributed by atoms with Gasteiger partial charge in [-0.15, -0.1) is 11.3 Å². The van der Waals surface area contributed by atoms with Crippen LogP contribution in [-0.2, 0) is 14.4 Å². The molecular weight excluding hydrogens is 388 g/mol. The number of hydrogen-bond donors (Lipinski definition) is 3. The van der Waals surface area contributed by atoms with Gasteiger partial charge in [-0.3, -0.25) is 14.4 Å². The van der Waals surface area contributed by atoms with Gasteiger partial charge in [-0.1, -0.05) is 23.9 Å². The molecule has 7 nitrogen and oxygen atoms in total. The zero-order chi connectivity index (χ0) is 19.1. The SMILES string of the molecule is O=C(O)CSc1nc2ccc(NC(=O)[C@@H]3[C@H](C(=O)O)[C@H]4C=C[C@H]3C4)cc2s1. The normalized spacial score (nSPS) is 25.8. The van der Waals surface area contributed by atoms with Gasteiger partial charge in [0.15, 0.2) is 4.34 Å². The van der Waals surface area contributed by atoms with Crippen molar-refractivity contribution in [2.75, 3.05) is 11.1 Å². The number of aromatic nitrogens is 1. The minimum absolute atomic E-state index is 0.0257. The van der Waals surface area contributed by atoms with Gasteiger partial charge in [-0.2, -0.15) is 0 Å². The third-order valence-corrected chi connectivity index (χ3v) is 7.15. The minimum atomic E-state index is -0.926. The molecule has 1 amide bonds. The number of thiazole rings is 1. The molecule has 1 saturated carbocycles.